The lowest BCUT2D eigenvalue weighted by Crippen LogP contribution is -2.45. The fraction of sp³-hybridized carbons (Fsp3) is 0.533. The number of nitrogens with zero attached hydrogens (tertiary/aromatic N) is 3. The minimum absolute atomic E-state index is 0.268. The van der Waals surface area contributed by atoms with Crippen LogP contribution in [0.5, 0.6) is 0 Å². The molecule has 1 aromatic rings. The molecular formula is C15H22N4. The second-order valence-electron chi connectivity index (χ2n) is 5.50. The summed E-state index contributed by atoms with van der Waals surface area (Å²) >= 11 is 0. The van der Waals surface area contributed by atoms with Gasteiger partial charge in [-0.25, -0.2) is 0 Å². The highest BCUT2D eigenvalue weighted by Gasteiger charge is 2.27. The van der Waals surface area contributed by atoms with Gasteiger partial charge >= 0.3 is 0 Å². The standard InChI is InChI=1S/C15H22N4/c1-12-9-18(2)11-14(8-17)19(10-12)15-6-4-3-5-13(15)7-16/h3-6,12,14H,8-11,17H2,1-2H3. The van der Waals surface area contributed by atoms with Crippen LogP contribution >= 0.6 is 0 Å². The molecule has 2 rings (SSSR count). The number of likely N-dealkylation sites (N-methyl/N-ethyl adjacent to an activating group) is 1. The average Bonchev–Trinajstić information content (AvgIpc) is 2.56. The molecule has 2 unspecified atom stereocenters. The number of anilines is 1. The Bertz CT molecular complexity index is 465. The van der Waals surface area contributed by atoms with Crippen molar-refractivity contribution in [1.29, 1.82) is 5.26 Å². The normalized spacial score (nSPS) is 24.8. The van der Waals surface area contributed by atoms with Gasteiger partial charge in [-0.3, -0.25) is 0 Å². The highest BCUT2D eigenvalue weighted by Crippen LogP contribution is 2.25. The zero-order chi connectivity index (χ0) is 13.8. The molecule has 0 aromatic heterocycles. The molecule has 2 atom stereocenters. The number of benzene rings is 1. The van der Waals surface area contributed by atoms with Gasteiger partial charge in [-0.1, -0.05) is 19.1 Å². The molecular weight excluding hydrogens is 236 g/mol. The Hall–Kier alpha value is -1.57. The molecule has 0 saturated carbocycles. The van der Waals surface area contributed by atoms with Gasteiger partial charge in [0, 0.05) is 26.2 Å². The van der Waals surface area contributed by atoms with Gasteiger partial charge in [-0.05, 0) is 25.1 Å². The van der Waals surface area contributed by atoms with Crippen molar-refractivity contribution in [3.63, 3.8) is 0 Å². The van der Waals surface area contributed by atoms with E-state index in [1.165, 1.54) is 0 Å². The van der Waals surface area contributed by atoms with Gasteiger partial charge in [0.15, 0.2) is 0 Å². The topological polar surface area (TPSA) is 56.3 Å². The molecule has 0 amide bonds. The van der Waals surface area contributed by atoms with E-state index >= 15 is 0 Å². The molecule has 0 aliphatic carbocycles. The van der Waals surface area contributed by atoms with E-state index < -0.39 is 0 Å². The first-order valence-electron chi connectivity index (χ1n) is 6.80. The Labute approximate surface area is 115 Å². The molecule has 4 nitrogen and oxygen atoms in total. The number of para-hydroxylation sites is 1. The summed E-state index contributed by atoms with van der Waals surface area (Å²) in [6.45, 7) is 5.82. The second-order valence-corrected chi connectivity index (χ2v) is 5.50. The fourth-order valence-electron chi connectivity index (χ4n) is 2.92. The number of rotatable bonds is 2. The maximum absolute atomic E-state index is 9.28. The predicted octanol–water partition coefficient (Wildman–Crippen LogP) is 1.27. The third-order valence-corrected chi connectivity index (χ3v) is 3.70. The first kappa shape index (κ1) is 13.9. The Kier molecular flexibility index (Phi) is 4.41. The van der Waals surface area contributed by atoms with Gasteiger partial charge in [0.1, 0.15) is 6.07 Å². The van der Waals surface area contributed by atoms with Crippen LogP contribution < -0.4 is 10.6 Å². The maximum atomic E-state index is 9.28. The van der Waals surface area contributed by atoms with Crippen LogP contribution in [0.2, 0.25) is 0 Å². The van der Waals surface area contributed by atoms with Gasteiger partial charge in [-0.2, -0.15) is 5.26 Å². The first-order chi connectivity index (χ1) is 9.15. The van der Waals surface area contributed by atoms with Crippen LogP contribution in [-0.2, 0) is 0 Å². The zero-order valence-electron chi connectivity index (χ0n) is 11.7. The summed E-state index contributed by atoms with van der Waals surface area (Å²) in [7, 11) is 2.14. The van der Waals surface area contributed by atoms with E-state index in [0.29, 0.717) is 12.5 Å². The van der Waals surface area contributed by atoms with E-state index in [4.69, 9.17) is 5.73 Å². The molecule has 1 aliphatic heterocycles. The molecule has 102 valence electrons. The minimum atomic E-state index is 0.268. The summed E-state index contributed by atoms with van der Waals surface area (Å²) in [6, 6.07) is 10.4. The van der Waals surface area contributed by atoms with Crippen molar-refractivity contribution in [3.8, 4) is 6.07 Å². The van der Waals surface area contributed by atoms with Crippen molar-refractivity contribution in [3.05, 3.63) is 29.8 Å². The van der Waals surface area contributed by atoms with E-state index in [1.54, 1.807) is 0 Å². The Morgan fingerprint density at radius 2 is 2.05 bits per heavy atom. The van der Waals surface area contributed by atoms with Gasteiger partial charge < -0.3 is 15.5 Å². The monoisotopic (exact) mass is 258 g/mol. The predicted molar refractivity (Wildman–Crippen MR) is 78.0 cm³/mol. The molecule has 1 aliphatic rings. The molecule has 4 heteroatoms. The van der Waals surface area contributed by atoms with E-state index in [9.17, 15) is 5.26 Å². The van der Waals surface area contributed by atoms with Gasteiger partial charge in [-0.15, -0.1) is 0 Å². The molecule has 19 heavy (non-hydrogen) atoms. The molecule has 1 saturated heterocycles. The smallest absolute Gasteiger partial charge is 0.101 e. The third kappa shape index (κ3) is 3.06. The van der Waals surface area contributed by atoms with E-state index in [2.05, 4.69) is 29.8 Å². The van der Waals surface area contributed by atoms with Crippen molar-refractivity contribution in [1.82, 2.24) is 4.90 Å². The van der Waals surface area contributed by atoms with Crippen molar-refractivity contribution in [2.24, 2.45) is 11.7 Å². The summed E-state index contributed by atoms with van der Waals surface area (Å²) in [6.07, 6.45) is 0. The lowest BCUT2D eigenvalue weighted by atomic mass is 10.1. The van der Waals surface area contributed by atoms with E-state index in [0.717, 1.165) is 30.9 Å². The van der Waals surface area contributed by atoms with Gasteiger partial charge in [0.25, 0.3) is 0 Å². The van der Waals surface area contributed by atoms with E-state index in [1.807, 2.05) is 24.3 Å². The summed E-state index contributed by atoms with van der Waals surface area (Å²) in [5.74, 6) is 0.563. The molecule has 1 heterocycles. The van der Waals surface area contributed by atoms with Crippen molar-refractivity contribution < 1.29 is 0 Å². The summed E-state index contributed by atoms with van der Waals surface area (Å²) in [5.41, 5.74) is 7.70. The Morgan fingerprint density at radius 3 is 2.74 bits per heavy atom. The third-order valence-electron chi connectivity index (χ3n) is 3.70. The maximum Gasteiger partial charge on any atom is 0.101 e. The van der Waals surface area contributed by atoms with Crippen LogP contribution in [0.3, 0.4) is 0 Å². The highest BCUT2D eigenvalue weighted by atomic mass is 15.2. The summed E-state index contributed by atoms with van der Waals surface area (Å²) in [4.78, 5) is 4.64. The van der Waals surface area contributed by atoms with Crippen LogP contribution in [0.4, 0.5) is 5.69 Å². The highest BCUT2D eigenvalue weighted by molar-refractivity contribution is 5.60. The number of hydrogen-bond donors (Lipinski definition) is 1. The fourth-order valence-corrected chi connectivity index (χ4v) is 2.92. The van der Waals surface area contributed by atoms with Gasteiger partial charge in [0.05, 0.1) is 17.3 Å². The molecule has 1 aromatic carbocycles. The van der Waals surface area contributed by atoms with Crippen LogP contribution in [0.1, 0.15) is 12.5 Å². The van der Waals surface area contributed by atoms with Crippen molar-refractivity contribution in [2.45, 2.75) is 13.0 Å². The van der Waals surface area contributed by atoms with Crippen LogP contribution in [0.15, 0.2) is 24.3 Å². The SMILES string of the molecule is CC1CN(C)CC(CN)N(c2ccccc2C#N)C1. The first-order valence-corrected chi connectivity index (χ1v) is 6.80. The summed E-state index contributed by atoms with van der Waals surface area (Å²) in [5, 5.41) is 9.28. The lowest BCUT2D eigenvalue weighted by Gasteiger charge is -2.33. The molecule has 1 fully saturated rings. The molecule has 0 spiro atoms. The summed E-state index contributed by atoms with van der Waals surface area (Å²) < 4.78 is 0. The van der Waals surface area contributed by atoms with Crippen LogP contribution in [-0.4, -0.2) is 44.2 Å². The molecule has 0 radical (unpaired) electrons. The van der Waals surface area contributed by atoms with Crippen LogP contribution in [0.25, 0.3) is 0 Å². The Balaban J connectivity index is 2.36. The van der Waals surface area contributed by atoms with Crippen LogP contribution in [0, 0.1) is 17.2 Å². The van der Waals surface area contributed by atoms with Gasteiger partial charge in [0.2, 0.25) is 0 Å². The molecule has 2 N–H and O–H groups in total. The number of nitriles is 1. The average molecular weight is 258 g/mol. The quantitative estimate of drug-likeness (QED) is 0.868. The van der Waals surface area contributed by atoms with Crippen molar-refractivity contribution in [2.75, 3.05) is 38.1 Å². The van der Waals surface area contributed by atoms with E-state index in [-0.39, 0.29) is 6.04 Å². The second kappa shape index (κ2) is 6.05. The number of nitrogens with two attached hydrogens (primary N) is 1. The van der Waals surface area contributed by atoms with Crippen molar-refractivity contribution >= 4 is 5.69 Å². The largest absolute Gasteiger partial charge is 0.365 e. The lowest BCUT2D eigenvalue weighted by molar-refractivity contribution is 0.304. The number of hydrogen-bond acceptors (Lipinski definition) is 4. The molecule has 0 bridgehead atoms. The Morgan fingerprint density at radius 1 is 1.32 bits per heavy atom. The zero-order valence-corrected chi connectivity index (χ0v) is 11.7. The minimum Gasteiger partial charge on any atom is -0.365 e.